The number of aliphatic hydroxyl groups excluding tert-OH is 1. The number of carboxylic acid groups (broad SMARTS) is 1. The van der Waals surface area contributed by atoms with E-state index in [0.717, 1.165) is 69.2 Å². The van der Waals surface area contributed by atoms with Crippen LogP contribution in [0.25, 0.3) is 0 Å². The van der Waals surface area contributed by atoms with Crippen LogP contribution in [-0.2, 0) is 21.4 Å². The quantitative estimate of drug-likeness (QED) is 0.419. The fourth-order valence-corrected chi connectivity index (χ4v) is 11.3. The Bertz CT molecular complexity index is 1310. The van der Waals surface area contributed by atoms with E-state index in [0.29, 0.717) is 11.8 Å². The minimum atomic E-state index is -0.992. The molecular weight excluding hydrogens is 514 g/mol. The van der Waals surface area contributed by atoms with Crippen molar-refractivity contribution in [2.45, 2.75) is 105 Å². The third kappa shape index (κ3) is 3.79. The van der Waals surface area contributed by atoms with Crippen LogP contribution in [0.5, 0.6) is 0 Å². The summed E-state index contributed by atoms with van der Waals surface area (Å²) in [6.45, 7) is 14.1. The third-order valence-electron chi connectivity index (χ3n) is 13.7. The Morgan fingerprint density at radius 3 is 2.39 bits per heavy atom. The summed E-state index contributed by atoms with van der Waals surface area (Å²) in [5, 5.41) is 23.0. The average Bonchev–Trinajstić information content (AvgIpc) is 2.91. The standard InChI is InChI=1S/C34H49N3O4/c1-29(2)11-13-34(28(41)37-19-26(39)40)14-12-32(5)21(22(34)17-29)7-8-25-30(3)18-23-27(36-16-15-35-23)31(4,20-38)24(30)9-10-33(25,32)6/h7,15-16,22,24-25,38H,8-14,17-20H2,1-6H3,(H,37,41)(H,39,40)/t22-,24+,25+,30-,31-,32+,33+,34-/m0/s1. The van der Waals surface area contributed by atoms with E-state index in [1.165, 1.54) is 5.57 Å². The maximum absolute atomic E-state index is 13.8. The summed E-state index contributed by atoms with van der Waals surface area (Å²) in [6.07, 6.45) is 14.6. The normalized spacial score (nSPS) is 44.2. The van der Waals surface area contributed by atoms with E-state index >= 15 is 0 Å². The molecule has 0 aliphatic heterocycles. The number of carboxylic acids is 1. The van der Waals surface area contributed by atoms with Crippen molar-refractivity contribution < 1.29 is 19.8 Å². The van der Waals surface area contributed by atoms with E-state index in [9.17, 15) is 19.8 Å². The SMILES string of the molecule is CC1(C)CC[C@]2(C(=O)NCC(=O)O)CC[C@]3(C)C(=CC[C@@H]4[C@@]5(C)Cc6nccnc6[C@@](C)(CO)[C@@H]5CC[C@]43C)[C@@H]2C1. The molecule has 1 heterocycles. The zero-order valence-electron chi connectivity index (χ0n) is 25.8. The molecule has 1 aromatic rings. The monoisotopic (exact) mass is 563 g/mol. The molecular formula is C34H49N3O4. The number of carbonyl (C=O) groups excluding carboxylic acids is 1. The molecule has 1 aromatic heterocycles. The van der Waals surface area contributed by atoms with Crippen molar-refractivity contribution >= 4 is 11.9 Å². The number of nitrogens with one attached hydrogen (secondary N) is 1. The van der Waals surface area contributed by atoms with Gasteiger partial charge in [-0.2, -0.15) is 0 Å². The number of hydrogen-bond acceptors (Lipinski definition) is 5. The van der Waals surface area contributed by atoms with Crippen molar-refractivity contribution in [1.29, 1.82) is 0 Å². The molecule has 6 rings (SSSR count). The van der Waals surface area contributed by atoms with Gasteiger partial charge in [-0.3, -0.25) is 19.6 Å². The highest BCUT2D eigenvalue weighted by molar-refractivity contribution is 5.87. The largest absolute Gasteiger partial charge is 0.480 e. The van der Waals surface area contributed by atoms with Crippen LogP contribution < -0.4 is 5.32 Å². The lowest BCUT2D eigenvalue weighted by Crippen LogP contribution is -2.66. The predicted molar refractivity (Wildman–Crippen MR) is 157 cm³/mol. The number of hydrogen-bond donors (Lipinski definition) is 3. The Morgan fingerprint density at radius 2 is 1.68 bits per heavy atom. The molecule has 224 valence electrons. The van der Waals surface area contributed by atoms with Gasteiger partial charge in [-0.15, -0.1) is 0 Å². The van der Waals surface area contributed by atoms with Crippen molar-refractivity contribution in [3.05, 3.63) is 35.4 Å². The van der Waals surface area contributed by atoms with Crippen LogP contribution >= 0.6 is 0 Å². The summed E-state index contributed by atoms with van der Waals surface area (Å²) >= 11 is 0. The molecule has 1 amide bonds. The summed E-state index contributed by atoms with van der Waals surface area (Å²) in [5.74, 6) is -0.184. The zero-order chi connectivity index (χ0) is 29.6. The summed E-state index contributed by atoms with van der Waals surface area (Å²) < 4.78 is 0. The summed E-state index contributed by atoms with van der Waals surface area (Å²) in [4.78, 5) is 34.8. The van der Waals surface area contributed by atoms with Gasteiger partial charge in [0.15, 0.2) is 0 Å². The molecule has 0 radical (unpaired) electrons. The fraction of sp³-hybridized carbons (Fsp3) is 0.765. The van der Waals surface area contributed by atoms with Gasteiger partial charge in [0, 0.05) is 17.8 Å². The number of allylic oxidation sites excluding steroid dienone is 2. The van der Waals surface area contributed by atoms with Crippen molar-refractivity contribution in [3.63, 3.8) is 0 Å². The fourth-order valence-electron chi connectivity index (χ4n) is 11.3. The van der Waals surface area contributed by atoms with Crippen molar-refractivity contribution in [2.24, 2.45) is 44.8 Å². The number of amides is 1. The number of carbonyl (C=O) groups is 2. The maximum atomic E-state index is 13.8. The van der Waals surface area contributed by atoms with Crippen molar-refractivity contribution in [3.8, 4) is 0 Å². The lowest BCUT2D eigenvalue weighted by atomic mass is 9.33. The number of fused-ring (bicyclic) bond motifs is 8. The maximum Gasteiger partial charge on any atom is 0.322 e. The third-order valence-corrected chi connectivity index (χ3v) is 13.7. The van der Waals surface area contributed by atoms with Crippen LogP contribution in [0.1, 0.15) is 104 Å². The smallest absolute Gasteiger partial charge is 0.322 e. The van der Waals surface area contributed by atoms with Gasteiger partial charge in [-0.1, -0.05) is 53.2 Å². The van der Waals surface area contributed by atoms with E-state index in [-0.39, 0.29) is 46.6 Å². The van der Waals surface area contributed by atoms with Gasteiger partial charge in [0.1, 0.15) is 6.54 Å². The molecule has 0 spiro atoms. The number of aromatic nitrogens is 2. The molecule has 5 aliphatic carbocycles. The molecule has 0 bridgehead atoms. The molecule has 0 saturated heterocycles. The number of nitrogens with zero attached hydrogens (tertiary/aromatic N) is 2. The van der Waals surface area contributed by atoms with Crippen LogP contribution in [0.3, 0.4) is 0 Å². The number of aliphatic carboxylic acids is 1. The van der Waals surface area contributed by atoms with Gasteiger partial charge in [-0.25, -0.2) is 0 Å². The second-order valence-electron chi connectivity index (χ2n) is 16.1. The average molecular weight is 564 g/mol. The molecule has 3 fully saturated rings. The molecule has 7 nitrogen and oxygen atoms in total. The van der Waals surface area contributed by atoms with Gasteiger partial charge in [0.2, 0.25) is 5.91 Å². The van der Waals surface area contributed by atoms with Crippen molar-refractivity contribution in [2.75, 3.05) is 13.2 Å². The second-order valence-corrected chi connectivity index (χ2v) is 16.1. The van der Waals surface area contributed by atoms with E-state index in [1.807, 2.05) is 0 Å². The van der Waals surface area contributed by atoms with E-state index in [2.05, 4.69) is 52.9 Å². The van der Waals surface area contributed by atoms with Crippen LogP contribution in [0, 0.1) is 44.8 Å². The first kappa shape index (κ1) is 28.8. The Morgan fingerprint density at radius 1 is 0.976 bits per heavy atom. The highest BCUT2D eigenvalue weighted by Crippen LogP contribution is 2.75. The summed E-state index contributed by atoms with van der Waals surface area (Å²) in [5.41, 5.74) is 2.64. The molecule has 41 heavy (non-hydrogen) atoms. The van der Waals surface area contributed by atoms with Crippen LogP contribution in [-0.4, -0.2) is 45.2 Å². The highest BCUT2D eigenvalue weighted by Gasteiger charge is 2.69. The van der Waals surface area contributed by atoms with Crippen molar-refractivity contribution in [1.82, 2.24) is 15.3 Å². The molecule has 7 heteroatoms. The Balaban J connectivity index is 1.43. The lowest BCUT2D eigenvalue weighted by molar-refractivity contribution is -0.171. The zero-order valence-corrected chi connectivity index (χ0v) is 25.8. The Kier molecular flexibility index (Phi) is 6.40. The van der Waals surface area contributed by atoms with Gasteiger partial charge in [0.25, 0.3) is 0 Å². The predicted octanol–water partition coefficient (Wildman–Crippen LogP) is 5.47. The van der Waals surface area contributed by atoms with E-state index in [4.69, 9.17) is 9.97 Å². The van der Waals surface area contributed by atoms with Crippen LogP contribution in [0.15, 0.2) is 24.0 Å². The first-order chi connectivity index (χ1) is 19.2. The van der Waals surface area contributed by atoms with Gasteiger partial charge in [0.05, 0.1) is 23.4 Å². The molecule has 3 N–H and O–H groups in total. The Hall–Kier alpha value is -2.28. The number of aliphatic hydroxyl groups is 1. The van der Waals surface area contributed by atoms with Crippen LogP contribution in [0.4, 0.5) is 0 Å². The first-order valence-electron chi connectivity index (χ1n) is 15.8. The molecule has 0 unspecified atom stereocenters. The minimum absolute atomic E-state index is 0.0300. The van der Waals surface area contributed by atoms with E-state index < -0.39 is 16.8 Å². The molecule has 8 atom stereocenters. The van der Waals surface area contributed by atoms with Gasteiger partial charge >= 0.3 is 5.97 Å². The number of rotatable bonds is 4. The first-order valence-corrected chi connectivity index (χ1v) is 15.8. The molecule has 0 aromatic carbocycles. The lowest BCUT2D eigenvalue weighted by Gasteiger charge is -2.70. The van der Waals surface area contributed by atoms with Gasteiger partial charge < -0.3 is 15.5 Å². The highest BCUT2D eigenvalue weighted by atomic mass is 16.4. The second kappa shape index (κ2) is 9.11. The van der Waals surface area contributed by atoms with Gasteiger partial charge in [-0.05, 0) is 97.2 Å². The summed E-state index contributed by atoms with van der Waals surface area (Å²) in [6, 6.07) is 0. The van der Waals surface area contributed by atoms with Crippen LogP contribution in [0.2, 0.25) is 0 Å². The van der Waals surface area contributed by atoms with E-state index in [1.54, 1.807) is 12.4 Å². The summed E-state index contributed by atoms with van der Waals surface area (Å²) in [7, 11) is 0. The Labute approximate surface area is 245 Å². The molecule has 3 saturated carbocycles. The molecule has 5 aliphatic rings. The topological polar surface area (TPSA) is 112 Å². The minimum Gasteiger partial charge on any atom is -0.480 e.